The van der Waals surface area contributed by atoms with Crippen LogP contribution in [0.5, 0.6) is 5.75 Å². The van der Waals surface area contributed by atoms with Gasteiger partial charge in [0.2, 0.25) is 0 Å². The summed E-state index contributed by atoms with van der Waals surface area (Å²) >= 11 is 4.86. The molecular formula is C21H24BrNO4S. The highest BCUT2D eigenvalue weighted by Crippen LogP contribution is 2.39. The van der Waals surface area contributed by atoms with E-state index in [0.717, 1.165) is 40.6 Å². The van der Waals surface area contributed by atoms with E-state index in [-0.39, 0.29) is 11.9 Å². The molecule has 1 amide bonds. The second kappa shape index (κ2) is 8.66. The molecule has 0 fully saturated rings. The summed E-state index contributed by atoms with van der Waals surface area (Å²) in [5, 5.41) is 3.48. The molecule has 0 saturated heterocycles. The van der Waals surface area contributed by atoms with Gasteiger partial charge in [-0.1, -0.05) is 15.9 Å². The fourth-order valence-corrected chi connectivity index (χ4v) is 4.71. The second-order valence-corrected chi connectivity index (χ2v) is 9.18. The number of benzene rings is 1. The Hall–Kier alpha value is -1.86. The van der Waals surface area contributed by atoms with Gasteiger partial charge in [0.05, 0.1) is 12.2 Å². The minimum atomic E-state index is -1.11. The molecule has 7 heteroatoms. The molecule has 0 radical (unpaired) electrons. The third kappa shape index (κ3) is 4.58. The molecule has 0 spiro atoms. The Labute approximate surface area is 177 Å². The van der Waals surface area contributed by atoms with Gasteiger partial charge in [0, 0.05) is 9.35 Å². The van der Waals surface area contributed by atoms with Gasteiger partial charge < -0.3 is 14.8 Å². The number of rotatable bonds is 6. The van der Waals surface area contributed by atoms with E-state index in [2.05, 4.69) is 21.2 Å². The molecule has 0 unspecified atom stereocenters. The van der Waals surface area contributed by atoms with Crippen molar-refractivity contribution in [3.8, 4) is 5.75 Å². The Morgan fingerprint density at radius 2 is 1.86 bits per heavy atom. The van der Waals surface area contributed by atoms with Gasteiger partial charge >= 0.3 is 5.97 Å². The van der Waals surface area contributed by atoms with Crippen LogP contribution in [0.2, 0.25) is 0 Å². The number of carbonyl (C=O) groups excluding carboxylic acids is 2. The lowest BCUT2D eigenvalue weighted by atomic mass is 9.95. The SMILES string of the molecule is CCOC(=O)c1c(NC(=O)C(C)(C)Oc2ccc(Br)cc2)sc2c1CCCC2. The summed E-state index contributed by atoms with van der Waals surface area (Å²) < 4.78 is 12.1. The van der Waals surface area contributed by atoms with Crippen molar-refractivity contribution in [3.05, 3.63) is 44.7 Å². The van der Waals surface area contributed by atoms with E-state index < -0.39 is 5.60 Å². The minimum absolute atomic E-state index is 0.301. The van der Waals surface area contributed by atoms with Crippen molar-refractivity contribution in [2.45, 2.75) is 52.1 Å². The number of esters is 1. The lowest BCUT2D eigenvalue weighted by Crippen LogP contribution is -2.42. The minimum Gasteiger partial charge on any atom is -0.478 e. The number of anilines is 1. The smallest absolute Gasteiger partial charge is 0.341 e. The highest BCUT2D eigenvalue weighted by atomic mass is 79.9. The zero-order valence-corrected chi connectivity index (χ0v) is 18.7. The first-order valence-corrected chi connectivity index (χ1v) is 11.0. The summed E-state index contributed by atoms with van der Waals surface area (Å²) in [7, 11) is 0. The third-order valence-corrected chi connectivity index (χ3v) is 6.35. The molecule has 0 bridgehead atoms. The molecule has 5 nitrogen and oxygen atoms in total. The predicted molar refractivity (Wildman–Crippen MR) is 114 cm³/mol. The number of carbonyl (C=O) groups is 2. The Morgan fingerprint density at radius 1 is 1.18 bits per heavy atom. The van der Waals surface area contributed by atoms with Crippen molar-refractivity contribution in [2.24, 2.45) is 0 Å². The van der Waals surface area contributed by atoms with Crippen LogP contribution in [0.15, 0.2) is 28.7 Å². The number of halogens is 1. The monoisotopic (exact) mass is 465 g/mol. The van der Waals surface area contributed by atoms with Gasteiger partial charge in [-0.3, -0.25) is 4.79 Å². The van der Waals surface area contributed by atoms with Crippen molar-refractivity contribution in [2.75, 3.05) is 11.9 Å². The summed E-state index contributed by atoms with van der Waals surface area (Å²) in [5.74, 6) is -0.0807. The van der Waals surface area contributed by atoms with Crippen LogP contribution >= 0.6 is 27.3 Å². The van der Waals surface area contributed by atoms with Crippen LogP contribution in [-0.2, 0) is 22.4 Å². The molecular weight excluding hydrogens is 442 g/mol. The molecule has 1 aliphatic rings. The lowest BCUT2D eigenvalue weighted by Gasteiger charge is -2.25. The fourth-order valence-electron chi connectivity index (χ4n) is 3.17. The summed E-state index contributed by atoms with van der Waals surface area (Å²) in [5.41, 5.74) is 0.426. The lowest BCUT2D eigenvalue weighted by molar-refractivity contribution is -0.128. The zero-order chi connectivity index (χ0) is 20.3. The molecule has 28 heavy (non-hydrogen) atoms. The maximum Gasteiger partial charge on any atom is 0.341 e. The molecule has 1 aromatic carbocycles. The molecule has 1 aromatic heterocycles. The number of ether oxygens (including phenoxy) is 2. The number of amides is 1. The Balaban J connectivity index is 1.83. The number of fused-ring (bicyclic) bond motifs is 1. The largest absolute Gasteiger partial charge is 0.478 e. The summed E-state index contributed by atoms with van der Waals surface area (Å²) in [6.45, 7) is 5.50. The topological polar surface area (TPSA) is 64.6 Å². The van der Waals surface area contributed by atoms with E-state index in [1.165, 1.54) is 11.3 Å². The zero-order valence-electron chi connectivity index (χ0n) is 16.3. The van der Waals surface area contributed by atoms with Crippen molar-refractivity contribution >= 4 is 44.1 Å². The average molecular weight is 466 g/mol. The van der Waals surface area contributed by atoms with Crippen LogP contribution in [0.1, 0.15) is 54.4 Å². The van der Waals surface area contributed by atoms with Gasteiger partial charge in [-0.2, -0.15) is 0 Å². The van der Waals surface area contributed by atoms with Crippen molar-refractivity contribution < 1.29 is 19.1 Å². The molecule has 0 aliphatic heterocycles. The Bertz CT molecular complexity index is 873. The molecule has 2 aromatic rings. The normalized spacial score (nSPS) is 13.6. The Morgan fingerprint density at radius 3 is 2.54 bits per heavy atom. The summed E-state index contributed by atoms with van der Waals surface area (Å²) in [4.78, 5) is 26.7. The summed E-state index contributed by atoms with van der Waals surface area (Å²) in [6, 6.07) is 7.31. The van der Waals surface area contributed by atoms with E-state index in [1.807, 2.05) is 12.1 Å². The van der Waals surface area contributed by atoms with Gasteiger partial charge in [0.25, 0.3) is 5.91 Å². The molecule has 1 heterocycles. The number of nitrogens with one attached hydrogen (secondary N) is 1. The van der Waals surface area contributed by atoms with E-state index >= 15 is 0 Å². The van der Waals surface area contributed by atoms with Crippen molar-refractivity contribution in [1.29, 1.82) is 0 Å². The second-order valence-electron chi connectivity index (χ2n) is 7.16. The van der Waals surface area contributed by atoms with Crippen LogP contribution in [0.3, 0.4) is 0 Å². The van der Waals surface area contributed by atoms with Gasteiger partial charge in [-0.25, -0.2) is 4.79 Å². The van der Waals surface area contributed by atoms with E-state index in [0.29, 0.717) is 22.9 Å². The quantitative estimate of drug-likeness (QED) is 0.582. The number of hydrogen-bond donors (Lipinski definition) is 1. The Kier molecular flexibility index (Phi) is 6.45. The maximum atomic E-state index is 13.0. The van der Waals surface area contributed by atoms with E-state index in [1.54, 1.807) is 32.9 Å². The highest BCUT2D eigenvalue weighted by Gasteiger charge is 2.33. The molecule has 1 aliphatic carbocycles. The molecule has 0 atom stereocenters. The molecule has 150 valence electrons. The average Bonchev–Trinajstić information content (AvgIpc) is 3.01. The maximum absolute atomic E-state index is 13.0. The van der Waals surface area contributed by atoms with Crippen molar-refractivity contribution in [1.82, 2.24) is 0 Å². The first-order valence-electron chi connectivity index (χ1n) is 9.39. The van der Waals surface area contributed by atoms with Gasteiger partial charge in [0.1, 0.15) is 10.8 Å². The van der Waals surface area contributed by atoms with Crippen LogP contribution in [0, 0.1) is 0 Å². The molecule has 1 N–H and O–H groups in total. The van der Waals surface area contributed by atoms with Gasteiger partial charge in [0.15, 0.2) is 5.60 Å². The fraction of sp³-hybridized carbons (Fsp3) is 0.429. The summed E-state index contributed by atoms with van der Waals surface area (Å²) in [6.07, 6.45) is 3.92. The first-order chi connectivity index (χ1) is 13.3. The van der Waals surface area contributed by atoms with Crippen LogP contribution in [0.25, 0.3) is 0 Å². The number of aryl methyl sites for hydroxylation is 1. The van der Waals surface area contributed by atoms with Gasteiger partial charge in [-0.05, 0) is 76.3 Å². The molecule has 0 saturated carbocycles. The highest BCUT2D eigenvalue weighted by molar-refractivity contribution is 9.10. The van der Waals surface area contributed by atoms with Crippen LogP contribution in [0.4, 0.5) is 5.00 Å². The van der Waals surface area contributed by atoms with Crippen molar-refractivity contribution in [3.63, 3.8) is 0 Å². The van der Waals surface area contributed by atoms with E-state index in [9.17, 15) is 9.59 Å². The molecule has 3 rings (SSSR count). The predicted octanol–water partition coefficient (Wildman–Crippen LogP) is 5.36. The standard InChI is InChI=1S/C21H24BrNO4S/c1-4-26-19(24)17-15-7-5-6-8-16(15)28-18(17)23-20(25)21(2,3)27-14-11-9-13(22)10-12-14/h9-12H,4-8H2,1-3H3,(H,23,25). The number of thiophene rings is 1. The van der Waals surface area contributed by atoms with Crippen LogP contribution in [-0.4, -0.2) is 24.1 Å². The van der Waals surface area contributed by atoms with Crippen LogP contribution < -0.4 is 10.1 Å². The number of hydrogen-bond acceptors (Lipinski definition) is 5. The van der Waals surface area contributed by atoms with E-state index in [4.69, 9.17) is 9.47 Å². The van der Waals surface area contributed by atoms with Gasteiger partial charge in [-0.15, -0.1) is 11.3 Å². The first kappa shape index (κ1) is 20.9. The third-order valence-electron chi connectivity index (χ3n) is 4.61.